The molecule has 2 aromatic rings. The molecule has 3 rings (SSSR count). The predicted octanol–water partition coefficient (Wildman–Crippen LogP) is 2.35. The van der Waals surface area contributed by atoms with E-state index in [-0.39, 0.29) is 5.76 Å². The van der Waals surface area contributed by atoms with Crippen molar-refractivity contribution in [3.63, 3.8) is 0 Å². The van der Waals surface area contributed by atoms with Crippen molar-refractivity contribution in [2.24, 2.45) is 0 Å². The first-order valence-electron chi connectivity index (χ1n) is 6.79. The zero-order valence-corrected chi connectivity index (χ0v) is 11.2. The first-order valence-corrected chi connectivity index (χ1v) is 6.79. The summed E-state index contributed by atoms with van der Waals surface area (Å²) in [7, 11) is 0. The summed E-state index contributed by atoms with van der Waals surface area (Å²) in [6.45, 7) is 3.78. The van der Waals surface area contributed by atoms with Crippen LogP contribution in [0.5, 0.6) is 0 Å². The molecule has 1 aliphatic heterocycles. The molecular formula is C15H17NO4. The second kappa shape index (κ2) is 5.64. The number of ether oxygens (including phenoxy) is 1. The van der Waals surface area contributed by atoms with Gasteiger partial charge in [-0.25, -0.2) is 4.79 Å². The Morgan fingerprint density at radius 2 is 2.10 bits per heavy atom. The Bertz CT molecular complexity index is 611. The quantitative estimate of drug-likeness (QED) is 0.931. The molecule has 0 radical (unpaired) electrons. The largest absolute Gasteiger partial charge is 0.475 e. The predicted molar refractivity (Wildman–Crippen MR) is 73.9 cm³/mol. The van der Waals surface area contributed by atoms with E-state index in [4.69, 9.17) is 9.15 Å². The zero-order chi connectivity index (χ0) is 13.9. The minimum Gasteiger partial charge on any atom is -0.475 e. The van der Waals surface area contributed by atoms with Gasteiger partial charge in [-0.3, -0.25) is 4.90 Å². The SMILES string of the molecule is O=C(O)c1oc2ccccc2c1CN1CCCOCC1. The third kappa shape index (κ3) is 2.55. The van der Waals surface area contributed by atoms with Crippen molar-refractivity contribution >= 4 is 16.9 Å². The number of rotatable bonds is 3. The van der Waals surface area contributed by atoms with Crippen molar-refractivity contribution < 1.29 is 19.1 Å². The fourth-order valence-corrected chi connectivity index (χ4v) is 2.61. The van der Waals surface area contributed by atoms with Gasteiger partial charge in [-0.1, -0.05) is 18.2 Å². The van der Waals surface area contributed by atoms with Crippen molar-refractivity contribution in [3.8, 4) is 0 Å². The molecule has 0 aliphatic carbocycles. The normalized spacial score (nSPS) is 17.2. The minimum atomic E-state index is -1.01. The summed E-state index contributed by atoms with van der Waals surface area (Å²) in [4.78, 5) is 13.6. The molecule has 1 fully saturated rings. The summed E-state index contributed by atoms with van der Waals surface area (Å²) in [5.41, 5.74) is 1.39. The van der Waals surface area contributed by atoms with E-state index in [1.165, 1.54) is 0 Å². The highest BCUT2D eigenvalue weighted by Gasteiger charge is 2.22. The lowest BCUT2D eigenvalue weighted by Gasteiger charge is -2.18. The summed E-state index contributed by atoms with van der Waals surface area (Å²) in [6.07, 6.45) is 0.970. The second-order valence-corrected chi connectivity index (χ2v) is 4.95. The molecule has 1 N–H and O–H groups in total. The van der Waals surface area contributed by atoms with Gasteiger partial charge in [0.05, 0.1) is 6.61 Å². The summed E-state index contributed by atoms with van der Waals surface area (Å²) >= 11 is 0. The van der Waals surface area contributed by atoms with Crippen molar-refractivity contribution in [3.05, 3.63) is 35.6 Å². The highest BCUT2D eigenvalue weighted by atomic mass is 16.5. The topological polar surface area (TPSA) is 62.9 Å². The Balaban J connectivity index is 1.95. The number of hydrogen-bond donors (Lipinski definition) is 1. The third-order valence-corrected chi connectivity index (χ3v) is 3.59. The van der Waals surface area contributed by atoms with Crippen molar-refractivity contribution in [2.45, 2.75) is 13.0 Å². The van der Waals surface area contributed by atoms with Gasteiger partial charge in [-0.15, -0.1) is 0 Å². The van der Waals surface area contributed by atoms with Crippen molar-refractivity contribution in [2.75, 3.05) is 26.3 Å². The molecule has 0 spiro atoms. The number of carboxylic acid groups (broad SMARTS) is 1. The van der Waals surface area contributed by atoms with Crippen LogP contribution in [-0.4, -0.2) is 42.3 Å². The van der Waals surface area contributed by atoms with Crippen LogP contribution in [0.4, 0.5) is 0 Å². The third-order valence-electron chi connectivity index (χ3n) is 3.59. The lowest BCUT2D eigenvalue weighted by Crippen LogP contribution is -2.26. The molecule has 1 aliphatic rings. The number of benzene rings is 1. The number of fused-ring (bicyclic) bond motifs is 1. The lowest BCUT2D eigenvalue weighted by atomic mass is 10.1. The highest BCUT2D eigenvalue weighted by molar-refractivity contribution is 5.95. The van der Waals surface area contributed by atoms with Crippen LogP contribution >= 0.6 is 0 Å². The number of carbonyl (C=O) groups is 1. The van der Waals surface area contributed by atoms with Crippen molar-refractivity contribution in [1.82, 2.24) is 4.90 Å². The maximum absolute atomic E-state index is 11.4. The Kier molecular flexibility index (Phi) is 3.71. The van der Waals surface area contributed by atoms with Crippen LogP contribution in [0.15, 0.2) is 28.7 Å². The van der Waals surface area contributed by atoms with Gasteiger partial charge < -0.3 is 14.3 Å². The van der Waals surface area contributed by atoms with Gasteiger partial charge in [0.2, 0.25) is 5.76 Å². The van der Waals surface area contributed by atoms with E-state index in [1.807, 2.05) is 18.2 Å². The number of aromatic carboxylic acids is 1. The molecule has 20 heavy (non-hydrogen) atoms. The van der Waals surface area contributed by atoms with E-state index < -0.39 is 5.97 Å². The van der Waals surface area contributed by atoms with Crippen LogP contribution in [0.25, 0.3) is 11.0 Å². The van der Waals surface area contributed by atoms with Crippen LogP contribution < -0.4 is 0 Å². The molecule has 1 aromatic carbocycles. The number of furan rings is 1. The van der Waals surface area contributed by atoms with Gasteiger partial charge in [0.25, 0.3) is 0 Å². The standard InChI is InChI=1S/C15H17NO4/c17-15(18)14-12(10-16-6-3-8-19-9-7-16)11-4-1-2-5-13(11)20-14/h1-2,4-5H,3,6-10H2,(H,17,18). The van der Waals surface area contributed by atoms with E-state index >= 15 is 0 Å². The van der Waals surface area contributed by atoms with E-state index in [0.717, 1.165) is 37.1 Å². The monoisotopic (exact) mass is 275 g/mol. The maximum atomic E-state index is 11.4. The Morgan fingerprint density at radius 3 is 2.95 bits per heavy atom. The first kappa shape index (κ1) is 13.1. The molecule has 0 saturated carbocycles. The van der Waals surface area contributed by atoms with Crippen molar-refractivity contribution in [1.29, 1.82) is 0 Å². The van der Waals surface area contributed by atoms with Gasteiger partial charge in [-0.2, -0.15) is 0 Å². The Labute approximate surface area is 116 Å². The summed E-state index contributed by atoms with van der Waals surface area (Å²) in [5.74, 6) is -0.960. The fraction of sp³-hybridized carbons (Fsp3) is 0.400. The van der Waals surface area contributed by atoms with Gasteiger partial charge in [-0.05, 0) is 12.5 Å². The van der Waals surface area contributed by atoms with Crippen LogP contribution in [0, 0.1) is 0 Å². The molecule has 5 nitrogen and oxygen atoms in total. The second-order valence-electron chi connectivity index (χ2n) is 4.95. The lowest BCUT2D eigenvalue weighted by molar-refractivity contribution is 0.0661. The molecule has 1 saturated heterocycles. The fourth-order valence-electron chi connectivity index (χ4n) is 2.61. The van der Waals surface area contributed by atoms with Crippen LogP contribution in [0.3, 0.4) is 0 Å². The summed E-state index contributed by atoms with van der Waals surface area (Å²) < 4.78 is 10.9. The number of carboxylic acids is 1. The molecule has 0 bridgehead atoms. The smallest absolute Gasteiger partial charge is 0.372 e. The maximum Gasteiger partial charge on any atom is 0.372 e. The Morgan fingerprint density at radius 1 is 1.25 bits per heavy atom. The molecule has 0 amide bonds. The van der Waals surface area contributed by atoms with E-state index in [2.05, 4.69) is 4.90 Å². The van der Waals surface area contributed by atoms with Gasteiger partial charge in [0.15, 0.2) is 0 Å². The molecule has 106 valence electrons. The van der Waals surface area contributed by atoms with Crippen LogP contribution in [0.1, 0.15) is 22.5 Å². The average Bonchev–Trinajstić information content (AvgIpc) is 2.62. The molecule has 2 heterocycles. The number of para-hydroxylation sites is 1. The van der Waals surface area contributed by atoms with E-state index in [0.29, 0.717) is 18.7 Å². The van der Waals surface area contributed by atoms with Gasteiger partial charge >= 0.3 is 5.97 Å². The highest BCUT2D eigenvalue weighted by Crippen LogP contribution is 2.27. The number of hydrogen-bond acceptors (Lipinski definition) is 4. The Hall–Kier alpha value is -1.85. The molecule has 0 unspecified atom stereocenters. The van der Waals surface area contributed by atoms with Crippen LogP contribution in [0.2, 0.25) is 0 Å². The summed E-state index contributed by atoms with van der Waals surface area (Å²) in [6, 6.07) is 7.46. The molecule has 1 aromatic heterocycles. The van der Waals surface area contributed by atoms with Gasteiger partial charge in [0, 0.05) is 37.2 Å². The number of nitrogens with zero attached hydrogens (tertiary/aromatic N) is 1. The summed E-state index contributed by atoms with van der Waals surface area (Å²) in [5, 5.41) is 10.2. The van der Waals surface area contributed by atoms with E-state index in [9.17, 15) is 9.90 Å². The molecule has 0 atom stereocenters. The molecule has 5 heteroatoms. The minimum absolute atomic E-state index is 0.0522. The average molecular weight is 275 g/mol. The van der Waals surface area contributed by atoms with Gasteiger partial charge in [0.1, 0.15) is 5.58 Å². The molecular weight excluding hydrogens is 258 g/mol. The first-order chi connectivity index (χ1) is 9.75. The zero-order valence-electron chi connectivity index (χ0n) is 11.2. The van der Waals surface area contributed by atoms with E-state index in [1.54, 1.807) is 6.07 Å². The van der Waals surface area contributed by atoms with Crippen LogP contribution in [-0.2, 0) is 11.3 Å².